The van der Waals surface area contributed by atoms with Crippen molar-refractivity contribution in [3.63, 3.8) is 0 Å². The Bertz CT molecular complexity index is 527. The molecule has 2 atom stereocenters. The summed E-state index contributed by atoms with van der Waals surface area (Å²) in [4.78, 5) is 11.7. The molecule has 1 aliphatic rings. The summed E-state index contributed by atoms with van der Waals surface area (Å²) < 4.78 is 11.0. The van der Waals surface area contributed by atoms with Crippen LogP contribution in [0.3, 0.4) is 0 Å². The number of hydrogen-bond donors (Lipinski definition) is 0. The molecule has 0 heterocycles. The van der Waals surface area contributed by atoms with E-state index in [9.17, 15) is 4.79 Å². The van der Waals surface area contributed by atoms with Crippen LogP contribution in [-0.4, -0.2) is 25.8 Å². The highest BCUT2D eigenvalue weighted by Gasteiger charge is 2.39. The van der Waals surface area contributed by atoms with Gasteiger partial charge in [-0.3, -0.25) is 4.79 Å². The minimum atomic E-state index is -0.846. The van der Waals surface area contributed by atoms with E-state index in [1.807, 2.05) is 24.3 Å². The molecule has 3 heteroatoms. The normalized spacial score (nSPS) is 22.6. The summed E-state index contributed by atoms with van der Waals surface area (Å²) in [6.07, 6.45) is 7.79. The van der Waals surface area contributed by atoms with Gasteiger partial charge in [-0.25, -0.2) is 0 Å². The Morgan fingerprint density at radius 2 is 1.90 bits per heavy atom. The minimum absolute atomic E-state index is 0.0988. The molecule has 0 saturated heterocycles. The van der Waals surface area contributed by atoms with Crippen LogP contribution in [-0.2, 0) is 14.3 Å². The lowest BCUT2D eigenvalue weighted by atomic mass is 9.86. The minimum Gasteiger partial charge on any atom is -0.349 e. The van der Waals surface area contributed by atoms with Gasteiger partial charge in [0.25, 0.3) is 0 Å². The van der Waals surface area contributed by atoms with E-state index in [0.29, 0.717) is 6.42 Å². The van der Waals surface area contributed by atoms with Gasteiger partial charge in [-0.05, 0) is 23.6 Å². The highest BCUT2D eigenvalue weighted by Crippen LogP contribution is 2.33. The van der Waals surface area contributed by atoms with E-state index in [1.165, 1.54) is 11.6 Å². The Hall–Kier alpha value is -1.71. The van der Waals surface area contributed by atoms with Gasteiger partial charge in [-0.15, -0.1) is 0 Å². The van der Waals surface area contributed by atoms with E-state index < -0.39 is 5.79 Å². The first-order chi connectivity index (χ1) is 10.1. The summed E-state index contributed by atoms with van der Waals surface area (Å²) in [5.74, 6) is -0.586. The van der Waals surface area contributed by atoms with E-state index in [-0.39, 0.29) is 17.6 Å². The Morgan fingerprint density at radius 3 is 2.52 bits per heavy atom. The second-order valence-electron chi connectivity index (χ2n) is 5.32. The maximum absolute atomic E-state index is 11.7. The van der Waals surface area contributed by atoms with Gasteiger partial charge in [0.2, 0.25) is 0 Å². The van der Waals surface area contributed by atoms with Crippen LogP contribution in [0.1, 0.15) is 24.8 Å². The predicted molar refractivity (Wildman–Crippen MR) is 83.0 cm³/mol. The standard InChI is InChI=1S/C18H22O3/c1-14(15-7-5-4-6-8-15)9-10-16-13-17(19)11-12-18(16,20-2)21-3/h4-12,14,16H,13H2,1-3H3. The Morgan fingerprint density at radius 1 is 1.24 bits per heavy atom. The zero-order valence-electron chi connectivity index (χ0n) is 12.8. The van der Waals surface area contributed by atoms with Gasteiger partial charge in [-0.1, -0.05) is 49.4 Å². The Kier molecular flexibility index (Phi) is 5.10. The molecule has 2 rings (SSSR count). The van der Waals surface area contributed by atoms with Gasteiger partial charge in [-0.2, -0.15) is 0 Å². The molecule has 3 nitrogen and oxygen atoms in total. The largest absolute Gasteiger partial charge is 0.349 e. The molecule has 0 N–H and O–H groups in total. The highest BCUT2D eigenvalue weighted by molar-refractivity contribution is 5.91. The molecule has 2 unspecified atom stereocenters. The third-order valence-corrected chi connectivity index (χ3v) is 4.03. The first kappa shape index (κ1) is 15.7. The summed E-state index contributed by atoms with van der Waals surface area (Å²) in [5.41, 5.74) is 1.24. The van der Waals surface area contributed by atoms with Gasteiger partial charge >= 0.3 is 0 Å². The number of ether oxygens (including phenoxy) is 2. The molecule has 1 aromatic carbocycles. The van der Waals surface area contributed by atoms with Crippen molar-refractivity contribution in [1.29, 1.82) is 0 Å². The number of allylic oxidation sites excluding steroid dienone is 2. The number of carbonyl (C=O) groups excluding carboxylic acids is 1. The fraction of sp³-hybridized carbons (Fsp3) is 0.389. The van der Waals surface area contributed by atoms with Crippen LogP contribution in [0.2, 0.25) is 0 Å². The van der Waals surface area contributed by atoms with Crippen LogP contribution < -0.4 is 0 Å². The summed E-state index contributed by atoms with van der Waals surface area (Å²) >= 11 is 0. The maximum atomic E-state index is 11.7. The van der Waals surface area contributed by atoms with Gasteiger partial charge in [0.1, 0.15) is 0 Å². The molecule has 1 aliphatic carbocycles. The van der Waals surface area contributed by atoms with Crippen molar-refractivity contribution in [3.8, 4) is 0 Å². The summed E-state index contributed by atoms with van der Waals surface area (Å²) in [5, 5.41) is 0. The fourth-order valence-electron chi connectivity index (χ4n) is 2.65. The summed E-state index contributed by atoms with van der Waals surface area (Å²) in [7, 11) is 3.20. The van der Waals surface area contributed by atoms with Gasteiger partial charge in [0.05, 0.1) is 0 Å². The number of benzene rings is 1. The summed E-state index contributed by atoms with van der Waals surface area (Å²) in [6, 6.07) is 10.3. The van der Waals surface area contributed by atoms with Crippen molar-refractivity contribution in [1.82, 2.24) is 0 Å². The van der Waals surface area contributed by atoms with Crippen LogP contribution in [0.4, 0.5) is 0 Å². The average molecular weight is 286 g/mol. The fourth-order valence-corrected chi connectivity index (χ4v) is 2.65. The van der Waals surface area contributed by atoms with Crippen LogP contribution in [0.25, 0.3) is 0 Å². The molecular formula is C18H22O3. The zero-order valence-corrected chi connectivity index (χ0v) is 12.8. The lowest BCUT2D eigenvalue weighted by Gasteiger charge is -2.36. The Labute approximate surface area is 126 Å². The monoisotopic (exact) mass is 286 g/mol. The predicted octanol–water partition coefficient (Wildman–Crippen LogP) is 3.48. The van der Waals surface area contributed by atoms with Crippen molar-refractivity contribution in [2.45, 2.75) is 25.0 Å². The van der Waals surface area contributed by atoms with Crippen LogP contribution in [0.5, 0.6) is 0 Å². The van der Waals surface area contributed by atoms with Crippen LogP contribution in [0, 0.1) is 5.92 Å². The molecule has 0 aliphatic heterocycles. The van der Waals surface area contributed by atoms with E-state index in [2.05, 4.69) is 25.1 Å². The first-order valence-corrected chi connectivity index (χ1v) is 7.17. The molecule has 0 spiro atoms. The van der Waals surface area contributed by atoms with Gasteiger partial charge in [0, 0.05) is 26.6 Å². The van der Waals surface area contributed by atoms with Crippen molar-refractivity contribution in [3.05, 3.63) is 60.2 Å². The molecule has 112 valence electrons. The van der Waals surface area contributed by atoms with Crippen molar-refractivity contribution >= 4 is 5.78 Å². The second kappa shape index (κ2) is 6.83. The number of carbonyl (C=O) groups is 1. The lowest BCUT2D eigenvalue weighted by Crippen LogP contribution is -2.42. The lowest BCUT2D eigenvalue weighted by molar-refractivity contribution is -0.198. The topological polar surface area (TPSA) is 35.5 Å². The number of rotatable bonds is 5. The number of methoxy groups -OCH3 is 2. The van der Waals surface area contributed by atoms with E-state index in [0.717, 1.165) is 0 Å². The summed E-state index contributed by atoms with van der Waals surface area (Å²) in [6.45, 7) is 2.13. The quantitative estimate of drug-likeness (QED) is 0.614. The van der Waals surface area contributed by atoms with E-state index in [1.54, 1.807) is 20.3 Å². The van der Waals surface area contributed by atoms with Crippen LogP contribution >= 0.6 is 0 Å². The first-order valence-electron chi connectivity index (χ1n) is 7.17. The molecule has 0 radical (unpaired) electrons. The highest BCUT2D eigenvalue weighted by atomic mass is 16.7. The third kappa shape index (κ3) is 3.49. The van der Waals surface area contributed by atoms with Crippen molar-refractivity contribution < 1.29 is 14.3 Å². The van der Waals surface area contributed by atoms with E-state index in [4.69, 9.17) is 9.47 Å². The molecule has 0 saturated carbocycles. The van der Waals surface area contributed by atoms with Gasteiger partial charge < -0.3 is 9.47 Å². The van der Waals surface area contributed by atoms with Crippen molar-refractivity contribution in [2.24, 2.45) is 5.92 Å². The molecular weight excluding hydrogens is 264 g/mol. The third-order valence-electron chi connectivity index (χ3n) is 4.03. The molecule has 0 amide bonds. The smallest absolute Gasteiger partial charge is 0.194 e. The molecule has 0 bridgehead atoms. The molecule has 21 heavy (non-hydrogen) atoms. The van der Waals surface area contributed by atoms with Crippen molar-refractivity contribution in [2.75, 3.05) is 14.2 Å². The van der Waals surface area contributed by atoms with Gasteiger partial charge in [0.15, 0.2) is 11.6 Å². The average Bonchev–Trinajstić information content (AvgIpc) is 2.54. The SMILES string of the molecule is COC1(OC)C=CC(=O)CC1C=CC(C)c1ccccc1. The number of hydrogen-bond acceptors (Lipinski definition) is 3. The maximum Gasteiger partial charge on any atom is 0.194 e. The van der Waals surface area contributed by atoms with Crippen LogP contribution in [0.15, 0.2) is 54.6 Å². The zero-order chi connectivity index (χ0) is 15.3. The number of ketones is 1. The van der Waals surface area contributed by atoms with E-state index >= 15 is 0 Å². The molecule has 1 aromatic rings. The second-order valence-corrected chi connectivity index (χ2v) is 5.32. The molecule has 0 aromatic heterocycles. The molecule has 0 fully saturated rings. The Balaban J connectivity index is 2.18.